The molecule has 0 spiro atoms. The average Bonchev–Trinajstić information content (AvgIpc) is 2.78. The van der Waals surface area contributed by atoms with Crippen LogP contribution in [-0.2, 0) is 14.3 Å². The largest absolute Gasteiger partial charge is 0.481 e. The maximum Gasteiger partial charge on any atom is 0.303 e. The molecule has 17 heavy (non-hydrogen) atoms. The van der Waals surface area contributed by atoms with Crippen molar-refractivity contribution in [1.82, 2.24) is 5.32 Å². The van der Waals surface area contributed by atoms with Crippen molar-refractivity contribution in [2.24, 2.45) is 5.73 Å². The Morgan fingerprint density at radius 2 is 2.29 bits per heavy atom. The van der Waals surface area contributed by atoms with E-state index < -0.39 is 12.0 Å². The Bertz CT molecular complexity index is 264. The SMILES string of the molecule is NC(CCC(=O)O)C(=O)NCCC1CCCO1. The average molecular weight is 244 g/mol. The molecule has 6 nitrogen and oxygen atoms in total. The molecule has 1 aliphatic heterocycles. The fourth-order valence-electron chi connectivity index (χ4n) is 1.77. The zero-order valence-electron chi connectivity index (χ0n) is 9.85. The molecule has 0 aromatic rings. The van der Waals surface area contributed by atoms with Gasteiger partial charge in [0.2, 0.25) is 5.91 Å². The Balaban J connectivity index is 2.08. The first-order valence-electron chi connectivity index (χ1n) is 5.96. The highest BCUT2D eigenvalue weighted by atomic mass is 16.5. The lowest BCUT2D eigenvalue weighted by atomic mass is 10.1. The van der Waals surface area contributed by atoms with E-state index in [1.165, 1.54) is 0 Å². The molecule has 1 fully saturated rings. The van der Waals surface area contributed by atoms with Gasteiger partial charge in [0.1, 0.15) is 0 Å². The molecule has 1 aliphatic rings. The number of hydrogen-bond acceptors (Lipinski definition) is 4. The van der Waals surface area contributed by atoms with E-state index in [2.05, 4.69) is 5.32 Å². The van der Waals surface area contributed by atoms with Crippen LogP contribution in [0, 0.1) is 0 Å². The minimum absolute atomic E-state index is 0.0830. The van der Waals surface area contributed by atoms with Gasteiger partial charge in [-0.05, 0) is 25.7 Å². The summed E-state index contributed by atoms with van der Waals surface area (Å²) in [6, 6.07) is -0.740. The smallest absolute Gasteiger partial charge is 0.303 e. The van der Waals surface area contributed by atoms with Gasteiger partial charge in [0.05, 0.1) is 12.1 Å². The van der Waals surface area contributed by atoms with Gasteiger partial charge >= 0.3 is 5.97 Å². The Morgan fingerprint density at radius 1 is 1.53 bits per heavy atom. The number of hydrogen-bond donors (Lipinski definition) is 3. The first-order chi connectivity index (χ1) is 8.09. The molecule has 0 radical (unpaired) electrons. The fraction of sp³-hybridized carbons (Fsp3) is 0.818. The highest BCUT2D eigenvalue weighted by Crippen LogP contribution is 2.14. The quantitative estimate of drug-likeness (QED) is 0.578. The summed E-state index contributed by atoms with van der Waals surface area (Å²) in [6.45, 7) is 1.33. The number of carboxylic acid groups (broad SMARTS) is 1. The first-order valence-corrected chi connectivity index (χ1v) is 5.96. The molecule has 2 atom stereocenters. The van der Waals surface area contributed by atoms with Gasteiger partial charge in [-0.25, -0.2) is 0 Å². The van der Waals surface area contributed by atoms with Crippen LogP contribution in [-0.4, -0.2) is 42.3 Å². The Hall–Kier alpha value is -1.14. The van der Waals surface area contributed by atoms with E-state index in [4.69, 9.17) is 15.6 Å². The zero-order chi connectivity index (χ0) is 12.7. The van der Waals surface area contributed by atoms with Crippen molar-refractivity contribution in [3.63, 3.8) is 0 Å². The summed E-state index contributed by atoms with van der Waals surface area (Å²) in [5, 5.41) is 11.2. The van der Waals surface area contributed by atoms with Crippen LogP contribution in [0.5, 0.6) is 0 Å². The highest BCUT2D eigenvalue weighted by Gasteiger charge is 2.17. The Kier molecular flexibility index (Phi) is 5.93. The Morgan fingerprint density at radius 3 is 2.88 bits per heavy atom. The van der Waals surface area contributed by atoms with E-state index in [0.29, 0.717) is 6.54 Å². The molecule has 0 aliphatic carbocycles. The number of carbonyl (C=O) groups is 2. The van der Waals surface area contributed by atoms with Crippen LogP contribution >= 0.6 is 0 Å². The molecule has 0 saturated carbocycles. The van der Waals surface area contributed by atoms with Crippen molar-refractivity contribution >= 4 is 11.9 Å². The van der Waals surface area contributed by atoms with Crippen LogP contribution in [0.25, 0.3) is 0 Å². The van der Waals surface area contributed by atoms with Gasteiger partial charge in [0.15, 0.2) is 0 Å². The van der Waals surface area contributed by atoms with Crippen LogP contribution < -0.4 is 11.1 Å². The van der Waals surface area contributed by atoms with Crippen molar-refractivity contribution in [2.75, 3.05) is 13.2 Å². The maximum atomic E-state index is 11.5. The minimum atomic E-state index is -0.937. The van der Waals surface area contributed by atoms with Gasteiger partial charge < -0.3 is 20.9 Å². The molecule has 1 saturated heterocycles. The van der Waals surface area contributed by atoms with Crippen LogP contribution in [0.3, 0.4) is 0 Å². The lowest BCUT2D eigenvalue weighted by Crippen LogP contribution is -2.41. The third-order valence-electron chi connectivity index (χ3n) is 2.80. The molecule has 6 heteroatoms. The van der Waals surface area contributed by atoms with Crippen LogP contribution in [0.15, 0.2) is 0 Å². The number of amides is 1. The van der Waals surface area contributed by atoms with Crippen LogP contribution in [0.2, 0.25) is 0 Å². The molecule has 0 aromatic heterocycles. The number of rotatable bonds is 7. The molecular formula is C11H20N2O4. The van der Waals surface area contributed by atoms with Crippen molar-refractivity contribution in [3.8, 4) is 0 Å². The van der Waals surface area contributed by atoms with Gasteiger partial charge in [-0.2, -0.15) is 0 Å². The van der Waals surface area contributed by atoms with E-state index in [1.54, 1.807) is 0 Å². The second-order valence-electron chi connectivity index (χ2n) is 4.25. The predicted molar refractivity (Wildman–Crippen MR) is 61.4 cm³/mol. The second kappa shape index (κ2) is 7.24. The van der Waals surface area contributed by atoms with Crippen molar-refractivity contribution in [2.45, 2.75) is 44.2 Å². The summed E-state index contributed by atoms with van der Waals surface area (Å²) in [6.07, 6.45) is 3.24. The summed E-state index contributed by atoms with van der Waals surface area (Å²) < 4.78 is 5.41. The summed E-state index contributed by atoms with van der Waals surface area (Å²) >= 11 is 0. The van der Waals surface area contributed by atoms with Gasteiger partial charge in [-0.1, -0.05) is 0 Å². The number of ether oxygens (including phenoxy) is 1. The number of nitrogens with one attached hydrogen (secondary N) is 1. The lowest BCUT2D eigenvalue weighted by molar-refractivity contribution is -0.137. The zero-order valence-corrected chi connectivity index (χ0v) is 9.85. The molecular weight excluding hydrogens is 224 g/mol. The summed E-state index contributed by atoms with van der Waals surface area (Å²) in [5.74, 6) is -1.23. The number of aliphatic carboxylic acids is 1. The van der Waals surface area contributed by atoms with Crippen molar-refractivity contribution in [3.05, 3.63) is 0 Å². The van der Waals surface area contributed by atoms with Gasteiger partial charge in [0.25, 0.3) is 0 Å². The molecule has 1 rings (SSSR count). The standard InChI is InChI=1S/C11H20N2O4/c12-9(3-4-10(14)15)11(16)13-6-5-8-2-1-7-17-8/h8-9H,1-7,12H2,(H,13,16)(H,14,15). The van der Waals surface area contributed by atoms with Crippen molar-refractivity contribution < 1.29 is 19.4 Å². The molecule has 1 heterocycles. The third kappa shape index (κ3) is 5.65. The van der Waals surface area contributed by atoms with Gasteiger partial charge in [-0.3, -0.25) is 9.59 Å². The predicted octanol–water partition coefficient (Wildman–Crippen LogP) is -0.136. The number of carbonyl (C=O) groups excluding carboxylic acids is 1. The maximum absolute atomic E-state index is 11.5. The van der Waals surface area contributed by atoms with E-state index in [9.17, 15) is 9.59 Å². The monoisotopic (exact) mass is 244 g/mol. The first kappa shape index (κ1) is 13.9. The molecule has 1 amide bonds. The second-order valence-corrected chi connectivity index (χ2v) is 4.25. The van der Waals surface area contributed by atoms with Gasteiger partial charge in [0, 0.05) is 19.6 Å². The molecule has 4 N–H and O–H groups in total. The third-order valence-corrected chi connectivity index (χ3v) is 2.80. The molecule has 0 aromatic carbocycles. The number of carboxylic acids is 1. The van der Waals surface area contributed by atoms with Gasteiger partial charge in [-0.15, -0.1) is 0 Å². The fourth-order valence-corrected chi connectivity index (χ4v) is 1.77. The summed E-state index contributed by atoms with van der Waals surface area (Å²) in [4.78, 5) is 21.8. The summed E-state index contributed by atoms with van der Waals surface area (Å²) in [5.41, 5.74) is 5.55. The van der Waals surface area contributed by atoms with E-state index in [1.807, 2.05) is 0 Å². The Labute approximate surface area is 101 Å². The molecule has 2 unspecified atom stereocenters. The number of nitrogens with two attached hydrogens (primary N) is 1. The van der Waals surface area contributed by atoms with Crippen molar-refractivity contribution in [1.29, 1.82) is 0 Å². The van der Waals surface area contributed by atoms with E-state index >= 15 is 0 Å². The normalized spacial score (nSPS) is 21.1. The van der Waals surface area contributed by atoms with Crippen LogP contribution in [0.4, 0.5) is 0 Å². The molecule has 98 valence electrons. The molecule has 0 bridgehead atoms. The van der Waals surface area contributed by atoms with E-state index in [0.717, 1.165) is 25.9 Å². The van der Waals surface area contributed by atoms with Crippen LogP contribution in [0.1, 0.15) is 32.1 Å². The lowest BCUT2D eigenvalue weighted by Gasteiger charge is -2.13. The minimum Gasteiger partial charge on any atom is -0.481 e. The highest BCUT2D eigenvalue weighted by molar-refractivity contribution is 5.82. The summed E-state index contributed by atoms with van der Waals surface area (Å²) in [7, 11) is 0. The topological polar surface area (TPSA) is 102 Å². The van der Waals surface area contributed by atoms with E-state index in [-0.39, 0.29) is 24.9 Å².